The number of carboxylic acids is 1. The summed E-state index contributed by atoms with van der Waals surface area (Å²) in [5.41, 5.74) is 1.19. The second-order valence-electron chi connectivity index (χ2n) is 10.3. The van der Waals surface area contributed by atoms with Crippen LogP contribution in [0.25, 0.3) is 16.2 Å². The Hall–Kier alpha value is -4.20. The third-order valence-electron chi connectivity index (χ3n) is 7.48. The first kappa shape index (κ1) is 27.0. The Bertz CT molecular complexity index is 1640. The zero-order valence-corrected chi connectivity index (χ0v) is 23.2. The van der Waals surface area contributed by atoms with Gasteiger partial charge in [-0.05, 0) is 24.1 Å². The number of aromatic carboxylic acids is 1. The molecule has 0 bridgehead atoms. The SMILES string of the molecule is Cc1cc(N2CC(C(=O)NCC3CN(Cc4ccccc4)CCO3)C2)nc2c1c(=O)c(C(=O)O)cn2-c1ncns1. The van der Waals surface area contributed by atoms with E-state index in [0.717, 1.165) is 31.2 Å². The molecule has 1 aromatic carbocycles. The van der Waals surface area contributed by atoms with Crippen molar-refractivity contribution in [3.05, 3.63) is 75.8 Å². The van der Waals surface area contributed by atoms with E-state index in [4.69, 9.17) is 9.72 Å². The molecule has 212 valence electrons. The van der Waals surface area contributed by atoms with Gasteiger partial charge in [-0.15, -0.1) is 0 Å². The van der Waals surface area contributed by atoms with Crippen molar-refractivity contribution < 1.29 is 19.4 Å². The monoisotopic (exact) mass is 575 g/mol. The average Bonchev–Trinajstić information content (AvgIpc) is 3.47. The van der Waals surface area contributed by atoms with Crippen molar-refractivity contribution >= 4 is 40.3 Å². The van der Waals surface area contributed by atoms with Crippen molar-refractivity contribution in [2.45, 2.75) is 19.6 Å². The van der Waals surface area contributed by atoms with Crippen LogP contribution in [-0.2, 0) is 16.1 Å². The molecule has 0 radical (unpaired) electrons. The maximum absolute atomic E-state index is 13.0. The van der Waals surface area contributed by atoms with Crippen molar-refractivity contribution in [2.24, 2.45) is 5.92 Å². The van der Waals surface area contributed by atoms with E-state index in [1.165, 1.54) is 22.7 Å². The second-order valence-corrected chi connectivity index (χ2v) is 11.1. The molecule has 13 heteroatoms. The Labute approximate surface area is 239 Å². The van der Waals surface area contributed by atoms with Gasteiger partial charge in [0.05, 0.1) is 24.0 Å². The largest absolute Gasteiger partial charge is 0.477 e. The second kappa shape index (κ2) is 11.4. The van der Waals surface area contributed by atoms with Gasteiger partial charge in [-0.25, -0.2) is 14.8 Å². The zero-order chi connectivity index (χ0) is 28.5. The molecule has 1 unspecified atom stereocenters. The molecule has 3 aromatic heterocycles. The number of hydrogen-bond donors (Lipinski definition) is 2. The molecule has 2 aliphatic heterocycles. The van der Waals surface area contributed by atoms with Gasteiger partial charge in [0.2, 0.25) is 16.5 Å². The number of nitrogens with zero attached hydrogens (tertiary/aromatic N) is 6. The summed E-state index contributed by atoms with van der Waals surface area (Å²) in [6.07, 6.45) is 2.54. The molecule has 0 saturated carbocycles. The lowest BCUT2D eigenvalue weighted by Gasteiger charge is -2.40. The van der Waals surface area contributed by atoms with Crippen LogP contribution in [0, 0.1) is 12.8 Å². The van der Waals surface area contributed by atoms with Crippen molar-refractivity contribution in [1.29, 1.82) is 0 Å². The molecule has 4 aromatic rings. The summed E-state index contributed by atoms with van der Waals surface area (Å²) in [7, 11) is 0. The highest BCUT2D eigenvalue weighted by Gasteiger charge is 2.35. The highest BCUT2D eigenvalue weighted by molar-refractivity contribution is 7.08. The fourth-order valence-corrected chi connectivity index (χ4v) is 5.80. The van der Waals surface area contributed by atoms with Crippen molar-refractivity contribution in [3.8, 4) is 5.13 Å². The predicted octanol–water partition coefficient (Wildman–Crippen LogP) is 1.70. The first-order valence-electron chi connectivity index (χ1n) is 13.3. The average molecular weight is 576 g/mol. The summed E-state index contributed by atoms with van der Waals surface area (Å²) in [5, 5.41) is 13.3. The maximum atomic E-state index is 13.0. The minimum absolute atomic E-state index is 0.0283. The van der Waals surface area contributed by atoms with E-state index in [1.54, 1.807) is 13.0 Å². The molecular formula is C28H29N7O5S. The van der Waals surface area contributed by atoms with Crippen molar-refractivity contribution in [1.82, 2.24) is 29.1 Å². The minimum Gasteiger partial charge on any atom is -0.477 e. The molecule has 0 aliphatic carbocycles. The smallest absolute Gasteiger partial charge is 0.341 e. The number of carbonyl (C=O) groups excluding carboxylic acids is 1. The highest BCUT2D eigenvalue weighted by Crippen LogP contribution is 2.28. The molecule has 2 aliphatic rings. The fraction of sp³-hybridized carbons (Fsp3) is 0.357. The minimum atomic E-state index is -1.32. The van der Waals surface area contributed by atoms with Gasteiger partial charge in [0.25, 0.3) is 0 Å². The number of carboxylic acid groups (broad SMARTS) is 1. The van der Waals surface area contributed by atoms with Crippen LogP contribution >= 0.6 is 11.5 Å². The molecule has 12 nitrogen and oxygen atoms in total. The third kappa shape index (κ3) is 5.56. The quantitative estimate of drug-likeness (QED) is 0.319. The first-order valence-corrected chi connectivity index (χ1v) is 14.1. The Kier molecular flexibility index (Phi) is 7.47. The Morgan fingerprint density at radius 3 is 2.73 bits per heavy atom. The summed E-state index contributed by atoms with van der Waals surface area (Å²) in [5.74, 6) is -0.944. The van der Waals surface area contributed by atoms with Crippen LogP contribution in [-0.4, -0.2) is 86.2 Å². The number of anilines is 1. The molecule has 1 amide bonds. The summed E-state index contributed by atoms with van der Waals surface area (Å²) in [4.78, 5) is 50.8. The van der Waals surface area contributed by atoms with Gasteiger partial charge >= 0.3 is 5.97 Å². The lowest BCUT2D eigenvalue weighted by molar-refractivity contribution is -0.127. The van der Waals surface area contributed by atoms with Crippen LogP contribution in [0.4, 0.5) is 5.82 Å². The maximum Gasteiger partial charge on any atom is 0.341 e. The van der Waals surface area contributed by atoms with Crippen LogP contribution in [0.15, 0.2) is 53.7 Å². The normalized spacial score (nSPS) is 17.9. The van der Waals surface area contributed by atoms with Crippen molar-refractivity contribution in [2.75, 3.05) is 44.2 Å². The van der Waals surface area contributed by atoms with E-state index in [1.807, 2.05) is 23.1 Å². The summed E-state index contributed by atoms with van der Waals surface area (Å²) < 4.78 is 11.4. The fourth-order valence-electron chi connectivity index (χ4n) is 5.29. The van der Waals surface area contributed by atoms with Crippen LogP contribution in [0.2, 0.25) is 0 Å². The van der Waals surface area contributed by atoms with E-state index >= 15 is 0 Å². The highest BCUT2D eigenvalue weighted by atomic mass is 32.1. The molecule has 2 saturated heterocycles. The number of aryl methyl sites for hydroxylation is 1. The van der Waals surface area contributed by atoms with E-state index in [-0.39, 0.29) is 28.9 Å². The molecule has 1 atom stereocenters. The summed E-state index contributed by atoms with van der Waals surface area (Å²) in [6.45, 7) is 6.26. The van der Waals surface area contributed by atoms with Gasteiger partial charge in [-0.1, -0.05) is 30.3 Å². The topological polar surface area (TPSA) is 143 Å². The number of morpholine rings is 1. The Balaban J connectivity index is 1.11. The van der Waals surface area contributed by atoms with Gasteiger partial charge in [0.1, 0.15) is 17.7 Å². The van der Waals surface area contributed by atoms with Gasteiger partial charge < -0.3 is 20.1 Å². The molecular weight excluding hydrogens is 546 g/mol. The number of amides is 1. The number of fused-ring (bicyclic) bond motifs is 1. The van der Waals surface area contributed by atoms with Gasteiger partial charge in [-0.3, -0.25) is 19.1 Å². The number of rotatable bonds is 8. The van der Waals surface area contributed by atoms with E-state index < -0.39 is 11.4 Å². The first-order chi connectivity index (χ1) is 19.9. The number of benzene rings is 1. The molecule has 41 heavy (non-hydrogen) atoms. The van der Waals surface area contributed by atoms with Crippen LogP contribution < -0.4 is 15.6 Å². The number of nitrogens with one attached hydrogen (secondary N) is 1. The lowest BCUT2D eigenvalue weighted by Crippen LogP contribution is -2.55. The van der Waals surface area contributed by atoms with E-state index in [0.29, 0.717) is 48.4 Å². The Morgan fingerprint density at radius 1 is 1.20 bits per heavy atom. The van der Waals surface area contributed by atoms with Crippen LogP contribution in [0.1, 0.15) is 21.5 Å². The molecule has 0 spiro atoms. The summed E-state index contributed by atoms with van der Waals surface area (Å²) >= 11 is 1.07. The molecule has 2 N–H and O–H groups in total. The molecule has 5 heterocycles. The lowest BCUT2D eigenvalue weighted by atomic mass is 9.98. The summed E-state index contributed by atoms with van der Waals surface area (Å²) in [6, 6.07) is 12.1. The van der Waals surface area contributed by atoms with E-state index in [9.17, 15) is 19.5 Å². The number of aromatic nitrogens is 4. The van der Waals surface area contributed by atoms with Gasteiger partial charge in [0.15, 0.2) is 5.65 Å². The van der Waals surface area contributed by atoms with E-state index in [2.05, 4.69) is 31.7 Å². The molecule has 6 rings (SSSR count). The molecule has 2 fully saturated rings. The number of pyridine rings is 2. The van der Waals surface area contributed by atoms with Crippen molar-refractivity contribution in [3.63, 3.8) is 0 Å². The third-order valence-corrected chi connectivity index (χ3v) is 8.15. The number of carbonyl (C=O) groups is 2. The van der Waals surface area contributed by atoms with Crippen LogP contribution in [0.5, 0.6) is 0 Å². The van der Waals surface area contributed by atoms with Gasteiger partial charge in [0, 0.05) is 57.0 Å². The zero-order valence-electron chi connectivity index (χ0n) is 22.4. The number of ether oxygens (including phenoxy) is 1. The number of hydrogen-bond acceptors (Lipinski definition) is 10. The van der Waals surface area contributed by atoms with Gasteiger partial charge in [-0.2, -0.15) is 4.37 Å². The Morgan fingerprint density at radius 2 is 2.00 bits per heavy atom. The predicted molar refractivity (Wildman–Crippen MR) is 153 cm³/mol. The van der Waals surface area contributed by atoms with Crippen LogP contribution in [0.3, 0.4) is 0 Å². The standard InChI is InChI=1S/C28H29N7O5S/c1-17-9-22(32-25-23(17)24(36)21(27(38)39)15-35(25)28-30-16-31-41-28)34-12-19(13-34)26(37)29-10-20-14-33(7-8-40-20)11-18-5-3-2-4-6-18/h2-6,9,15-16,19-20H,7-8,10-14H2,1H3,(H,29,37)(H,38,39).